The van der Waals surface area contributed by atoms with Crippen LogP contribution in [-0.2, 0) is 11.2 Å². The Hall–Kier alpha value is -1.16. The van der Waals surface area contributed by atoms with Crippen LogP contribution in [0.2, 0.25) is 0 Å². The van der Waals surface area contributed by atoms with Crippen LogP contribution in [0, 0.1) is 5.92 Å². The lowest BCUT2D eigenvalue weighted by molar-refractivity contribution is -0.138. The molecule has 1 N–H and O–H groups in total. The van der Waals surface area contributed by atoms with Gasteiger partial charge in [0.1, 0.15) is 0 Å². The molecule has 1 unspecified atom stereocenters. The SMILES string of the molecule is O=C(O)CC1CC(=O)c2sccc2C1. The minimum absolute atomic E-state index is 0.0119. The molecule has 0 amide bonds. The predicted octanol–water partition coefficient (Wildman–Crippen LogP) is 1.97. The molecule has 4 heteroatoms. The zero-order valence-corrected chi connectivity index (χ0v) is 8.34. The lowest BCUT2D eigenvalue weighted by Gasteiger charge is -2.19. The highest BCUT2D eigenvalue weighted by Crippen LogP contribution is 2.30. The molecular weight excluding hydrogens is 200 g/mol. The van der Waals surface area contributed by atoms with Crippen molar-refractivity contribution in [3.05, 3.63) is 21.9 Å². The number of aliphatic carboxylic acids is 1. The first-order valence-electron chi connectivity index (χ1n) is 4.48. The van der Waals surface area contributed by atoms with E-state index in [0.29, 0.717) is 6.42 Å². The first kappa shape index (κ1) is 9.40. The van der Waals surface area contributed by atoms with E-state index in [1.807, 2.05) is 11.4 Å². The molecule has 1 aliphatic carbocycles. The van der Waals surface area contributed by atoms with Gasteiger partial charge in [0.15, 0.2) is 5.78 Å². The monoisotopic (exact) mass is 210 g/mol. The second-order valence-electron chi connectivity index (χ2n) is 3.57. The lowest BCUT2D eigenvalue weighted by atomic mass is 9.86. The summed E-state index contributed by atoms with van der Waals surface area (Å²) in [6.07, 6.45) is 1.22. The van der Waals surface area contributed by atoms with Gasteiger partial charge in [0.2, 0.25) is 0 Å². The number of carbonyl (C=O) groups is 2. The van der Waals surface area contributed by atoms with Gasteiger partial charge in [0, 0.05) is 12.8 Å². The van der Waals surface area contributed by atoms with Crippen LogP contribution in [-0.4, -0.2) is 16.9 Å². The van der Waals surface area contributed by atoms with Crippen LogP contribution >= 0.6 is 11.3 Å². The number of carbonyl (C=O) groups excluding carboxylic acids is 1. The summed E-state index contributed by atoms with van der Waals surface area (Å²) in [5.74, 6) is -0.726. The molecule has 3 nitrogen and oxygen atoms in total. The van der Waals surface area contributed by atoms with Crippen LogP contribution in [0.25, 0.3) is 0 Å². The molecule has 0 saturated carbocycles. The predicted molar refractivity (Wildman–Crippen MR) is 52.7 cm³/mol. The fourth-order valence-electron chi connectivity index (χ4n) is 1.87. The summed E-state index contributed by atoms with van der Waals surface area (Å²) >= 11 is 1.46. The van der Waals surface area contributed by atoms with Crippen LogP contribution in [0.5, 0.6) is 0 Å². The maximum Gasteiger partial charge on any atom is 0.303 e. The summed E-state index contributed by atoms with van der Waals surface area (Å²) in [7, 11) is 0. The highest BCUT2D eigenvalue weighted by Gasteiger charge is 2.27. The zero-order chi connectivity index (χ0) is 10.1. The number of Topliss-reactive ketones (excluding diaryl/α,β-unsaturated/α-hetero) is 1. The maximum atomic E-state index is 11.6. The van der Waals surface area contributed by atoms with Gasteiger partial charge < -0.3 is 5.11 Å². The summed E-state index contributed by atoms with van der Waals surface area (Å²) < 4.78 is 0. The van der Waals surface area contributed by atoms with E-state index in [2.05, 4.69) is 0 Å². The molecule has 2 rings (SSSR count). The number of ketones is 1. The number of thiophene rings is 1. The first-order valence-corrected chi connectivity index (χ1v) is 5.36. The molecule has 1 aliphatic rings. The molecule has 0 spiro atoms. The van der Waals surface area contributed by atoms with Crippen molar-refractivity contribution in [3.63, 3.8) is 0 Å². The summed E-state index contributed by atoms with van der Waals surface area (Å²) in [4.78, 5) is 22.9. The van der Waals surface area contributed by atoms with E-state index >= 15 is 0 Å². The number of hydrogen-bond donors (Lipinski definition) is 1. The maximum absolute atomic E-state index is 11.6. The van der Waals surface area contributed by atoms with Gasteiger partial charge in [-0.25, -0.2) is 0 Å². The Morgan fingerprint density at radius 3 is 3.07 bits per heavy atom. The normalized spacial score (nSPS) is 20.6. The Balaban J connectivity index is 2.17. The van der Waals surface area contributed by atoms with Crippen molar-refractivity contribution < 1.29 is 14.7 Å². The van der Waals surface area contributed by atoms with Gasteiger partial charge in [-0.15, -0.1) is 11.3 Å². The summed E-state index contributed by atoms with van der Waals surface area (Å²) in [6.45, 7) is 0. The molecule has 74 valence electrons. The second kappa shape index (κ2) is 3.53. The Morgan fingerprint density at radius 2 is 2.36 bits per heavy atom. The smallest absolute Gasteiger partial charge is 0.303 e. The largest absolute Gasteiger partial charge is 0.481 e. The van der Waals surface area contributed by atoms with Crippen molar-refractivity contribution in [2.75, 3.05) is 0 Å². The fraction of sp³-hybridized carbons (Fsp3) is 0.400. The Bertz CT molecular complexity index is 380. The van der Waals surface area contributed by atoms with Crippen molar-refractivity contribution in [2.24, 2.45) is 5.92 Å². The van der Waals surface area contributed by atoms with Crippen LogP contribution in [0.4, 0.5) is 0 Å². The van der Waals surface area contributed by atoms with Crippen LogP contribution < -0.4 is 0 Å². The molecule has 1 aromatic heterocycles. The van der Waals surface area contributed by atoms with Gasteiger partial charge in [-0.3, -0.25) is 9.59 Å². The van der Waals surface area contributed by atoms with Gasteiger partial charge in [-0.05, 0) is 29.3 Å². The van der Waals surface area contributed by atoms with Crippen molar-refractivity contribution >= 4 is 23.1 Å². The van der Waals surface area contributed by atoms with Gasteiger partial charge in [0.05, 0.1) is 4.88 Å². The van der Waals surface area contributed by atoms with E-state index in [1.54, 1.807) is 0 Å². The Kier molecular flexibility index (Phi) is 2.37. The third kappa shape index (κ3) is 1.70. The number of carboxylic acid groups (broad SMARTS) is 1. The molecule has 0 aromatic carbocycles. The zero-order valence-electron chi connectivity index (χ0n) is 7.53. The van der Waals surface area contributed by atoms with E-state index in [9.17, 15) is 9.59 Å². The van der Waals surface area contributed by atoms with Gasteiger partial charge in [-0.2, -0.15) is 0 Å². The average molecular weight is 210 g/mol. The van der Waals surface area contributed by atoms with Crippen molar-refractivity contribution in [1.29, 1.82) is 0 Å². The highest BCUT2D eigenvalue weighted by molar-refractivity contribution is 7.12. The molecule has 1 heterocycles. The Morgan fingerprint density at radius 1 is 1.57 bits per heavy atom. The summed E-state index contributed by atoms with van der Waals surface area (Å²) in [5.41, 5.74) is 1.03. The topological polar surface area (TPSA) is 54.4 Å². The van der Waals surface area contributed by atoms with Crippen molar-refractivity contribution in [2.45, 2.75) is 19.3 Å². The van der Waals surface area contributed by atoms with E-state index in [0.717, 1.165) is 16.9 Å². The lowest BCUT2D eigenvalue weighted by Crippen LogP contribution is -2.20. The van der Waals surface area contributed by atoms with E-state index in [4.69, 9.17) is 5.11 Å². The van der Waals surface area contributed by atoms with Crippen LogP contribution in [0.3, 0.4) is 0 Å². The third-order valence-electron chi connectivity index (χ3n) is 2.45. The average Bonchev–Trinajstić information content (AvgIpc) is 2.50. The summed E-state index contributed by atoms with van der Waals surface area (Å²) in [6, 6.07) is 1.92. The van der Waals surface area contributed by atoms with Crippen molar-refractivity contribution in [3.8, 4) is 0 Å². The van der Waals surface area contributed by atoms with Crippen LogP contribution in [0.1, 0.15) is 28.1 Å². The standard InChI is InChI=1S/C10H10O3S/c11-8-4-6(5-9(12)13)3-7-1-2-14-10(7)8/h1-2,6H,3-5H2,(H,12,13). The third-order valence-corrected chi connectivity index (χ3v) is 3.44. The number of rotatable bonds is 2. The minimum atomic E-state index is -0.818. The molecule has 1 atom stereocenters. The summed E-state index contributed by atoms with van der Waals surface area (Å²) in [5, 5.41) is 10.5. The quantitative estimate of drug-likeness (QED) is 0.811. The molecule has 14 heavy (non-hydrogen) atoms. The van der Waals surface area contributed by atoms with Crippen molar-refractivity contribution in [1.82, 2.24) is 0 Å². The number of hydrogen-bond acceptors (Lipinski definition) is 3. The van der Waals surface area contributed by atoms with Crippen LogP contribution in [0.15, 0.2) is 11.4 Å². The van der Waals surface area contributed by atoms with E-state index < -0.39 is 5.97 Å². The molecule has 0 fully saturated rings. The van der Waals surface area contributed by atoms with Gasteiger partial charge in [-0.1, -0.05) is 0 Å². The van der Waals surface area contributed by atoms with Gasteiger partial charge in [0.25, 0.3) is 0 Å². The number of fused-ring (bicyclic) bond motifs is 1. The highest BCUT2D eigenvalue weighted by atomic mass is 32.1. The molecular formula is C10H10O3S. The van der Waals surface area contributed by atoms with Gasteiger partial charge >= 0.3 is 5.97 Å². The molecule has 1 aromatic rings. The molecule has 0 radical (unpaired) electrons. The second-order valence-corrected chi connectivity index (χ2v) is 4.49. The number of carboxylic acids is 1. The molecule has 0 bridgehead atoms. The fourth-order valence-corrected chi connectivity index (χ4v) is 2.76. The molecule has 0 saturated heterocycles. The van der Waals surface area contributed by atoms with E-state index in [1.165, 1.54) is 11.3 Å². The first-order chi connectivity index (χ1) is 6.66. The Labute approximate surface area is 85.4 Å². The molecule has 0 aliphatic heterocycles. The van der Waals surface area contributed by atoms with E-state index in [-0.39, 0.29) is 18.1 Å². The minimum Gasteiger partial charge on any atom is -0.481 e.